The van der Waals surface area contributed by atoms with E-state index in [1.54, 1.807) is 0 Å². The number of carboxylic acid groups (broad SMARTS) is 1. The molecule has 3 nitrogen and oxygen atoms in total. The molecule has 0 fully saturated rings. The first kappa shape index (κ1) is 12.8. The van der Waals surface area contributed by atoms with Crippen molar-refractivity contribution in [2.45, 2.75) is 13.3 Å². The van der Waals surface area contributed by atoms with Gasteiger partial charge in [-0.25, -0.2) is 0 Å². The minimum Gasteiger partial charge on any atom is -0.481 e. The second-order valence-corrected chi connectivity index (χ2v) is 4.86. The summed E-state index contributed by atoms with van der Waals surface area (Å²) in [5.74, 6) is 2.14. The molecule has 0 rings (SSSR count). The van der Waals surface area contributed by atoms with Gasteiger partial charge in [-0.15, -0.1) is 0 Å². The first-order valence-corrected chi connectivity index (χ1v) is 6.36. The van der Waals surface area contributed by atoms with Crippen LogP contribution in [0.1, 0.15) is 13.3 Å². The standard InChI is InChI=1S/C8H14O3S2/c1-2-12-3-4-13-6-7(9)5-8(10)11/h2-6H2,1H3,(H,10,11). The van der Waals surface area contributed by atoms with Crippen molar-refractivity contribution in [3.05, 3.63) is 0 Å². The number of carboxylic acids is 1. The summed E-state index contributed by atoms with van der Waals surface area (Å²) in [7, 11) is 0. The van der Waals surface area contributed by atoms with Gasteiger partial charge in [0.05, 0.1) is 5.75 Å². The average Bonchev–Trinajstić information content (AvgIpc) is 2.02. The van der Waals surface area contributed by atoms with Gasteiger partial charge in [0.15, 0.2) is 5.78 Å². The van der Waals surface area contributed by atoms with E-state index in [1.165, 1.54) is 11.8 Å². The van der Waals surface area contributed by atoms with E-state index in [0.29, 0.717) is 5.75 Å². The fourth-order valence-corrected chi connectivity index (χ4v) is 2.37. The monoisotopic (exact) mass is 222 g/mol. The normalized spacial score (nSPS) is 9.92. The Kier molecular flexibility index (Phi) is 8.33. The fraction of sp³-hybridized carbons (Fsp3) is 0.750. The highest BCUT2D eigenvalue weighted by molar-refractivity contribution is 8.03. The first-order valence-electron chi connectivity index (χ1n) is 4.05. The van der Waals surface area contributed by atoms with Crippen LogP contribution in [0, 0.1) is 0 Å². The second-order valence-electron chi connectivity index (χ2n) is 2.36. The summed E-state index contributed by atoms with van der Waals surface area (Å²) in [5, 5.41) is 8.29. The molecule has 0 aliphatic heterocycles. The molecule has 0 aromatic carbocycles. The van der Waals surface area contributed by atoms with Gasteiger partial charge in [-0.05, 0) is 5.75 Å². The van der Waals surface area contributed by atoms with Gasteiger partial charge in [0.25, 0.3) is 0 Å². The molecule has 0 radical (unpaired) electrons. The van der Waals surface area contributed by atoms with Gasteiger partial charge in [0, 0.05) is 11.5 Å². The molecule has 0 spiro atoms. The summed E-state index contributed by atoms with van der Waals surface area (Å²) in [4.78, 5) is 21.0. The maximum Gasteiger partial charge on any atom is 0.310 e. The van der Waals surface area contributed by atoms with Crippen molar-refractivity contribution >= 4 is 35.3 Å². The summed E-state index contributed by atoms with van der Waals surface area (Å²) in [6.45, 7) is 2.09. The summed E-state index contributed by atoms with van der Waals surface area (Å²) in [6, 6.07) is 0. The number of Topliss-reactive ketones (excluding diaryl/α,β-unsaturated/α-hetero) is 1. The molecule has 0 saturated heterocycles. The quantitative estimate of drug-likeness (QED) is 0.498. The van der Waals surface area contributed by atoms with Gasteiger partial charge in [-0.2, -0.15) is 23.5 Å². The highest BCUT2D eigenvalue weighted by atomic mass is 32.2. The second kappa shape index (κ2) is 8.44. The van der Waals surface area contributed by atoms with Crippen LogP contribution < -0.4 is 0 Å². The molecule has 5 heteroatoms. The lowest BCUT2D eigenvalue weighted by molar-refractivity contribution is -0.139. The Hall–Kier alpha value is -0.160. The van der Waals surface area contributed by atoms with E-state index in [9.17, 15) is 9.59 Å². The largest absolute Gasteiger partial charge is 0.481 e. The van der Waals surface area contributed by atoms with Crippen molar-refractivity contribution in [2.24, 2.45) is 0 Å². The first-order chi connectivity index (χ1) is 6.16. The molecule has 0 aromatic heterocycles. The van der Waals surface area contributed by atoms with E-state index in [2.05, 4.69) is 6.92 Å². The number of thioether (sulfide) groups is 2. The predicted octanol–water partition coefficient (Wildman–Crippen LogP) is 1.52. The molecule has 76 valence electrons. The Labute approximate surface area is 86.7 Å². The molecule has 0 amide bonds. The van der Waals surface area contributed by atoms with E-state index in [1.807, 2.05) is 11.8 Å². The number of hydrogen-bond acceptors (Lipinski definition) is 4. The summed E-state index contributed by atoms with van der Waals surface area (Å²) < 4.78 is 0. The third-order valence-electron chi connectivity index (χ3n) is 1.19. The Morgan fingerprint density at radius 1 is 1.23 bits per heavy atom. The van der Waals surface area contributed by atoms with Crippen molar-refractivity contribution < 1.29 is 14.7 Å². The van der Waals surface area contributed by atoms with Gasteiger partial charge in [0.2, 0.25) is 0 Å². The number of hydrogen-bond donors (Lipinski definition) is 1. The molecule has 0 aliphatic carbocycles. The van der Waals surface area contributed by atoms with Crippen molar-refractivity contribution in [1.29, 1.82) is 0 Å². The third kappa shape index (κ3) is 9.76. The maximum atomic E-state index is 10.9. The smallest absolute Gasteiger partial charge is 0.310 e. The zero-order valence-electron chi connectivity index (χ0n) is 7.62. The van der Waals surface area contributed by atoms with E-state index >= 15 is 0 Å². The number of rotatable bonds is 8. The van der Waals surface area contributed by atoms with Crippen LogP contribution >= 0.6 is 23.5 Å². The third-order valence-corrected chi connectivity index (χ3v) is 3.37. The predicted molar refractivity (Wildman–Crippen MR) is 57.6 cm³/mol. The maximum absolute atomic E-state index is 10.9. The molecular formula is C8H14O3S2. The van der Waals surface area contributed by atoms with E-state index in [-0.39, 0.29) is 12.2 Å². The zero-order valence-corrected chi connectivity index (χ0v) is 9.25. The van der Waals surface area contributed by atoms with Crippen LogP contribution in [0.25, 0.3) is 0 Å². The van der Waals surface area contributed by atoms with E-state index in [0.717, 1.165) is 17.3 Å². The summed E-state index contributed by atoms with van der Waals surface area (Å²) in [5.41, 5.74) is 0. The van der Waals surface area contributed by atoms with Gasteiger partial charge in [-0.1, -0.05) is 6.92 Å². The molecule has 0 unspecified atom stereocenters. The van der Waals surface area contributed by atoms with Crippen molar-refractivity contribution in [1.82, 2.24) is 0 Å². The summed E-state index contributed by atoms with van der Waals surface area (Å²) >= 11 is 3.33. The Bertz CT molecular complexity index is 171. The lowest BCUT2D eigenvalue weighted by Gasteiger charge is -1.98. The molecule has 0 bridgehead atoms. The Morgan fingerprint density at radius 3 is 2.38 bits per heavy atom. The van der Waals surface area contributed by atoms with Gasteiger partial charge < -0.3 is 5.11 Å². The molecule has 0 aromatic rings. The Balaban J connectivity index is 3.22. The molecule has 1 N–H and O–H groups in total. The van der Waals surface area contributed by atoms with Gasteiger partial charge in [0.1, 0.15) is 6.42 Å². The van der Waals surface area contributed by atoms with E-state index in [4.69, 9.17) is 5.11 Å². The molecule has 0 heterocycles. The molecule has 13 heavy (non-hydrogen) atoms. The van der Waals surface area contributed by atoms with Crippen LogP contribution in [0.2, 0.25) is 0 Å². The minimum absolute atomic E-state index is 0.195. The number of ketones is 1. The number of carbonyl (C=O) groups excluding carboxylic acids is 1. The number of aliphatic carboxylic acids is 1. The Morgan fingerprint density at radius 2 is 1.85 bits per heavy atom. The van der Waals surface area contributed by atoms with Crippen LogP contribution in [0.3, 0.4) is 0 Å². The minimum atomic E-state index is -1.03. The highest BCUT2D eigenvalue weighted by Gasteiger charge is 2.06. The molecule has 0 aliphatic rings. The molecular weight excluding hydrogens is 208 g/mol. The van der Waals surface area contributed by atoms with Crippen molar-refractivity contribution in [3.8, 4) is 0 Å². The van der Waals surface area contributed by atoms with Gasteiger partial charge in [-0.3, -0.25) is 9.59 Å². The van der Waals surface area contributed by atoms with Crippen LogP contribution in [0.5, 0.6) is 0 Å². The van der Waals surface area contributed by atoms with Crippen molar-refractivity contribution in [2.75, 3.05) is 23.0 Å². The average molecular weight is 222 g/mol. The van der Waals surface area contributed by atoms with Crippen LogP contribution in [-0.2, 0) is 9.59 Å². The van der Waals surface area contributed by atoms with Crippen molar-refractivity contribution in [3.63, 3.8) is 0 Å². The zero-order chi connectivity index (χ0) is 10.1. The number of carbonyl (C=O) groups is 2. The summed E-state index contributed by atoms with van der Waals surface area (Å²) in [6.07, 6.45) is -0.339. The highest BCUT2D eigenvalue weighted by Crippen LogP contribution is 2.07. The van der Waals surface area contributed by atoms with E-state index < -0.39 is 5.97 Å². The van der Waals surface area contributed by atoms with Crippen LogP contribution in [0.15, 0.2) is 0 Å². The van der Waals surface area contributed by atoms with Crippen LogP contribution in [-0.4, -0.2) is 39.9 Å². The lowest BCUT2D eigenvalue weighted by atomic mass is 10.3. The lowest BCUT2D eigenvalue weighted by Crippen LogP contribution is -2.09. The SMILES string of the molecule is CCSCCSCC(=O)CC(=O)O. The van der Waals surface area contributed by atoms with Gasteiger partial charge >= 0.3 is 5.97 Å². The fourth-order valence-electron chi connectivity index (χ4n) is 0.668. The molecule has 0 atom stereocenters. The topological polar surface area (TPSA) is 54.4 Å². The molecule has 0 saturated carbocycles. The van der Waals surface area contributed by atoms with Crippen LogP contribution in [0.4, 0.5) is 0 Å².